The van der Waals surface area contributed by atoms with E-state index in [0.717, 1.165) is 25.3 Å². The molecular formula is C15H18F2O. The fourth-order valence-electron chi connectivity index (χ4n) is 2.72. The Kier molecular flexibility index (Phi) is 4.10. The average Bonchev–Trinajstić information content (AvgIpc) is 2.35. The summed E-state index contributed by atoms with van der Waals surface area (Å²) in [6.07, 6.45) is 3.87. The maximum Gasteiger partial charge on any atom is 0.136 e. The lowest BCUT2D eigenvalue weighted by Crippen LogP contribution is -2.26. The highest BCUT2D eigenvalue weighted by atomic mass is 19.1. The monoisotopic (exact) mass is 252 g/mol. The Labute approximate surface area is 106 Å². The van der Waals surface area contributed by atoms with Gasteiger partial charge in [-0.15, -0.1) is 0 Å². The molecule has 2 rings (SSSR count). The number of carbonyl (C=O) groups is 1. The molecule has 1 nitrogen and oxygen atoms in total. The maximum absolute atomic E-state index is 13.6. The highest BCUT2D eigenvalue weighted by molar-refractivity contribution is 5.82. The highest BCUT2D eigenvalue weighted by Gasteiger charge is 2.28. The van der Waals surface area contributed by atoms with Crippen molar-refractivity contribution in [2.45, 2.75) is 39.0 Å². The molecule has 0 bridgehead atoms. The van der Waals surface area contributed by atoms with E-state index in [0.29, 0.717) is 24.3 Å². The number of hydrogen-bond acceptors (Lipinski definition) is 1. The van der Waals surface area contributed by atoms with Crippen molar-refractivity contribution in [3.8, 4) is 0 Å². The topological polar surface area (TPSA) is 17.1 Å². The fraction of sp³-hybridized carbons (Fsp3) is 0.533. The third kappa shape index (κ3) is 2.95. The van der Waals surface area contributed by atoms with Crippen LogP contribution in [0, 0.1) is 23.5 Å². The maximum atomic E-state index is 13.6. The second-order valence-electron chi connectivity index (χ2n) is 5.15. The van der Waals surface area contributed by atoms with Gasteiger partial charge in [-0.05, 0) is 36.8 Å². The van der Waals surface area contributed by atoms with Gasteiger partial charge in [0, 0.05) is 18.4 Å². The molecule has 0 aliphatic heterocycles. The zero-order valence-electron chi connectivity index (χ0n) is 10.6. The second-order valence-corrected chi connectivity index (χ2v) is 5.15. The molecule has 2 unspecified atom stereocenters. The van der Waals surface area contributed by atoms with Crippen molar-refractivity contribution in [1.29, 1.82) is 0 Å². The molecule has 1 aromatic carbocycles. The summed E-state index contributed by atoms with van der Waals surface area (Å²) in [5, 5.41) is 0. The van der Waals surface area contributed by atoms with Gasteiger partial charge in [0.25, 0.3) is 0 Å². The van der Waals surface area contributed by atoms with Crippen LogP contribution in [0.4, 0.5) is 8.78 Å². The van der Waals surface area contributed by atoms with Crippen molar-refractivity contribution in [3.05, 3.63) is 35.4 Å². The van der Waals surface area contributed by atoms with Crippen LogP contribution in [0.5, 0.6) is 0 Å². The van der Waals surface area contributed by atoms with Gasteiger partial charge in [-0.3, -0.25) is 4.79 Å². The van der Waals surface area contributed by atoms with Crippen LogP contribution in [0.25, 0.3) is 0 Å². The summed E-state index contributed by atoms with van der Waals surface area (Å²) in [5.41, 5.74) is 0.450. The second kappa shape index (κ2) is 5.59. The fourth-order valence-corrected chi connectivity index (χ4v) is 2.72. The minimum absolute atomic E-state index is 0.0938. The smallest absolute Gasteiger partial charge is 0.136 e. The quantitative estimate of drug-likeness (QED) is 0.797. The Morgan fingerprint density at radius 1 is 1.33 bits per heavy atom. The number of hydrogen-bond donors (Lipinski definition) is 0. The molecule has 2 atom stereocenters. The van der Waals surface area contributed by atoms with E-state index in [2.05, 4.69) is 6.92 Å². The summed E-state index contributed by atoms with van der Waals surface area (Å²) in [7, 11) is 0. The summed E-state index contributed by atoms with van der Waals surface area (Å²) in [6, 6.07) is 3.59. The number of rotatable bonds is 3. The summed E-state index contributed by atoms with van der Waals surface area (Å²) in [5.74, 6) is -0.414. The van der Waals surface area contributed by atoms with Crippen LogP contribution in [0.1, 0.15) is 38.2 Å². The van der Waals surface area contributed by atoms with Crippen molar-refractivity contribution in [3.63, 3.8) is 0 Å². The molecule has 1 aromatic rings. The summed E-state index contributed by atoms with van der Waals surface area (Å²) >= 11 is 0. The van der Waals surface area contributed by atoms with Crippen molar-refractivity contribution in [2.24, 2.45) is 11.8 Å². The molecule has 0 spiro atoms. The van der Waals surface area contributed by atoms with Crippen LogP contribution in [0.2, 0.25) is 0 Å². The number of halogens is 2. The number of carbonyl (C=O) groups excluding carboxylic acids is 1. The van der Waals surface area contributed by atoms with Crippen LogP contribution >= 0.6 is 0 Å². The minimum atomic E-state index is -0.572. The minimum Gasteiger partial charge on any atom is -0.299 e. The molecule has 1 saturated carbocycles. The standard InChI is InChI=1S/C15H18F2O/c1-2-10-3-6-15(18)12(7-10)8-11-4-5-13(16)9-14(11)17/h4-5,9-10,12H,2-3,6-8H2,1H3. The summed E-state index contributed by atoms with van der Waals surface area (Å²) in [6.45, 7) is 2.12. The molecule has 3 heteroatoms. The molecule has 98 valence electrons. The van der Waals surface area contributed by atoms with Gasteiger partial charge in [-0.2, -0.15) is 0 Å². The van der Waals surface area contributed by atoms with Gasteiger partial charge in [0.1, 0.15) is 17.4 Å². The molecule has 0 heterocycles. The van der Waals surface area contributed by atoms with Gasteiger partial charge in [-0.25, -0.2) is 8.78 Å². The van der Waals surface area contributed by atoms with E-state index in [1.807, 2.05) is 0 Å². The lowest BCUT2D eigenvalue weighted by atomic mass is 9.77. The molecule has 1 fully saturated rings. The predicted octanol–water partition coefficient (Wildman–Crippen LogP) is 3.90. The molecule has 1 aliphatic carbocycles. The van der Waals surface area contributed by atoms with E-state index in [1.54, 1.807) is 0 Å². The first-order valence-corrected chi connectivity index (χ1v) is 6.56. The molecular weight excluding hydrogens is 234 g/mol. The lowest BCUT2D eigenvalue weighted by Gasteiger charge is -2.27. The van der Waals surface area contributed by atoms with Gasteiger partial charge >= 0.3 is 0 Å². The first-order chi connectivity index (χ1) is 8.60. The SMILES string of the molecule is CCC1CCC(=O)C(Cc2ccc(F)cc2F)C1. The van der Waals surface area contributed by atoms with Crippen LogP contribution in [0.15, 0.2) is 18.2 Å². The zero-order valence-corrected chi connectivity index (χ0v) is 10.6. The molecule has 0 N–H and O–H groups in total. The molecule has 0 amide bonds. The van der Waals surface area contributed by atoms with E-state index < -0.39 is 11.6 Å². The van der Waals surface area contributed by atoms with Crippen LogP contribution in [0.3, 0.4) is 0 Å². The summed E-state index contributed by atoms with van der Waals surface area (Å²) < 4.78 is 26.4. The van der Waals surface area contributed by atoms with Crippen LogP contribution < -0.4 is 0 Å². The first-order valence-electron chi connectivity index (χ1n) is 6.56. The van der Waals surface area contributed by atoms with Crippen molar-refractivity contribution in [1.82, 2.24) is 0 Å². The largest absolute Gasteiger partial charge is 0.299 e. The number of Topliss-reactive ketones (excluding diaryl/α,β-unsaturated/α-hetero) is 1. The zero-order chi connectivity index (χ0) is 13.1. The molecule has 0 aromatic heterocycles. The van der Waals surface area contributed by atoms with E-state index in [1.165, 1.54) is 12.1 Å². The number of benzene rings is 1. The lowest BCUT2D eigenvalue weighted by molar-refractivity contribution is -0.125. The van der Waals surface area contributed by atoms with Gasteiger partial charge in [-0.1, -0.05) is 19.4 Å². The Morgan fingerprint density at radius 3 is 2.78 bits per heavy atom. The molecule has 0 radical (unpaired) electrons. The van der Waals surface area contributed by atoms with Gasteiger partial charge in [0.15, 0.2) is 0 Å². The highest BCUT2D eigenvalue weighted by Crippen LogP contribution is 2.31. The van der Waals surface area contributed by atoms with Crippen molar-refractivity contribution in [2.75, 3.05) is 0 Å². The Morgan fingerprint density at radius 2 is 2.11 bits per heavy atom. The summed E-state index contributed by atoms with van der Waals surface area (Å²) in [4.78, 5) is 11.8. The van der Waals surface area contributed by atoms with Crippen LogP contribution in [-0.2, 0) is 11.2 Å². The predicted molar refractivity (Wildman–Crippen MR) is 66.2 cm³/mol. The van der Waals surface area contributed by atoms with Crippen molar-refractivity contribution < 1.29 is 13.6 Å². The third-order valence-electron chi connectivity index (χ3n) is 3.93. The molecule has 18 heavy (non-hydrogen) atoms. The van der Waals surface area contributed by atoms with E-state index >= 15 is 0 Å². The van der Waals surface area contributed by atoms with E-state index in [4.69, 9.17) is 0 Å². The average molecular weight is 252 g/mol. The van der Waals surface area contributed by atoms with Crippen molar-refractivity contribution >= 4 is 5.78 Å². The van der Waals surface area contributed by atoms with Gasteiger partial charge in [0.05, 0.1) is 0 Å². The van der Waals surface area contributed by atoms with Gasteiger partial charge in [0.2, 0.25) is 0 Å². The molecule has 1 aliphatic rings. The van der Waals surface area contributed by atoms with Gasteiger partial charge < -0.3 is 0 Å². The Balaban J connectivity index is 2.09. The van der Waals surface area contributed by atoms with E-state index in [-0.39, 0.29) is 11.7 Å². The van der Waals surface area contributed by atoms with Crippen LogP contribution in [-0.4, -0.2) is 5.78 Å². The number of ketones is 1. The normalized spacial score (nSPS) is 24.3. The Hall–Kier alpha value is -1.25. The third-order valence-corrected chi connectivity index (χ3v) is 3.93. The Bertz CT molecular complexity index is 442. The van der Waals surface area contributed by atoms with E-state index in [9.17, 15) is 13.6 Å². The molecule has 0 saturated heterocycles. The first kappa shape index (κ1) is 13.2.